The fourth-order valence-corrected chi connectivity index (χ4v) is 2.98. The molecule has 1 heterocycles. The van der Waals surface area contributed by atoms with E-state index in [1.54, 1.807) is 0 Å². The molecular weight excluding hydrogens is 336 g/mol. The highest BCUT2D eigenvalue weighted by Crippen LogP contribution is 2.26. The van der Waals surface area contributed by atoms with E-state index in [1.165, 1.54) is 0 Å². The molecule has 0 spiro atoms. The molecular formula is C20H24O6. The van der Waals surface area contributed by atoms with E-state index in [1.807, 2.05) is 60.7 Å². The molecule has 2 aromatic carbocycles. The molecule has 3 unspecified atom stereocenters. The molecule has 0 bridgehead atoms. The Hall–Kier alpha value is -1.80. The van der Waals surface area contributed by atoms with Crippen molar-refractivity contribution in [3.05, 3.63) is 71.8 Å². The molecule has 0 aliphatic carbocycles. The largest absolute Gasteiger partial charge is 0.394 e. The number of aliphatic hydroxyl groups is 3. The highest BCUT2D eigenvalue weighted by Gasteiger charge is 2.46. The minimum Gasteiger partial charge on any atom is -0.394 e. The summed E-state index contributed by atoms with van der Waals surface area (Å²) in [5, 5.41) is 29.9. The van der Waals surface area contributed by atoms with Crippen molar-refractivity contribution in [3.63, 3.8) is 0 Å². The first-order valence-electron chi connectivity index (χ1n) is 8.62. The van der Waals surface area contributed by atoms with Gasteiger partial charge >= 0.3 is 0 Å². The van der Waals surface area contributed by atoms with Gasteiger partial charge in [0.05, 0.1) is 19.8 Å². The van der Waals surface area contributed by atoms with Gasteiger partial charge in [0, 0.05) is 0 Å². The molecule has 3 N–H and O–H groups in total. The van der Waals surface area contributed by atoms with Crippen LogP contribution in [-0.4, -0.2) is 52.6 Å². The van der Waals surface area contributed by atoms with Crippen molar-refractivity contribution >= 4 is 0 Å². The van der Waals surface area contributed by atoms with Gasteiger partial charge in [0.25, 0.3) is 0 Å². The number of benzene rings is 2. The minimum atomic E-state index is -1.44. The molecule has 3 rings (SSSR count). The van der Waals surface area contributed by atoms with Crippen molar-refractivity contribution in [3.8, 4) is 0 Å². The lowest BCUT2D eigenvalue weighted by molar-refractivity contribution is -0.305. The van der Waals surface area contributed by atoms with E-state index in [9.17, 15) is 15.3 Å². The van der Waals surface area contributed by atoms with Crippen molar-refractivity contribution in [2.75, 3.05) is 6.61 Å². The Labute approximate surface area is 152 Å². The van der Waals surface area contributed by atoms with Crippen molar-refractivity contribution in [1.29, 1.82) is 0 Å². The normalized spacial score (nSPS) is 28.8. The lowest BCUT2D eigenvalue weighted by Gasteiger charge is -2.42. The van der Waals surface area contributed by atoms with E-state index in [-0.39, 0.29) is 19.8 Å². The number of rotatable bonds is 7. The van der Waals surface area contributed by atoms with Crippen molar-refractivity contribution in [2.24, 2.45) is 0 Å². The number of ether oxygens (including phenoxy) is 3. The first-order chi connectivity index (χ1) is 12.7. The van der Waals surface area contributed by atoms with Crippen LogP contribution in [0.5, 0.6) is 0 Å². The molecule has 26 heavy (non-hydrogen) atoms. The van der Waals surface area contributed by atoms with Crippen molar-refractivity contribution in [2.45, 2.75) is 43.9 Å². The zero-order valence-corrected chi connectivity index (χ0v) is 14.3. The predicted octanol–water partition coefficient (Wildman–Crippen LogP) is 1.23. The third kappa shape index (κ3) is 4.67. The van der Waals surface area contributed by atoms with Crippen LogP contribution in [0.2, 0.25) is 0 Å². The Morgan fingerprint density at radius 3 is 1.77 bits per heavy atom. The topological polar surface area (TPSA) is 88.4 Å². The molecule has 0 aromatic heterocycles. The maximum Gasteiger partial charge on any atom is 0.184 e. The zero-order valence-electron chi connectivity index (χ0n) is 14.3. The van der Waals surface area contributed by atoms with Gasteiger partial charge in [-0.05, 0) is 11.1 Å². The second kappa shape index (κ2) is 9.23. The summed E-state index contributed by atoms with van der Waals surface area (Å²) in [6.45, 7) is 0.173. The lowest BCUT2D eigenvalue weighted by atomic mass is 9.98. The van der Waals surface area contributed by atoms with Crippen LogP contribution in [0, 0.1) is 0 Å². The number of aliphatic hydroxyl groups excluding tert-OH is 3. The summed E-state index contributed by atoms with van der Waals surface area (Å²) in [5.74, 6) is 0. The standard InChI is InChI=1S/C20H24O6/c21-11-16-18(24-12-14-7-3-1-4-8-14)19(17(22)20(23)26-16)25-13-15-9-5-2-6-10-15/h1-10,16-23H,11-13H2/t16?,17?,18-,19?,20+/m1/s1. The molecule has 5 atom stereocenters. The Bertz CT molecular complexity index is 606. The van der Waals surface area contributed by atoms with E-state index in [0.29, 0.717) is 0 Å². The number of hydrogen-bond donors (Lipinski definition) is 3. The second-order valence-corrected chi connectivity index (χ2v) is 6.26. The van der Waals surface area contributed by atoms with Crippen LogP contribution in [0.25, 0.3) is 0 Å². The van der Waals surface area contributed by atoms with Gasteiger partial charge in [0.15, 0.2) is 6.29 Å². The van der Waals surface area contributed by atoms with Gasteiger partial charge < -0.3 is 29.5 Å². The third-order valence-corrected chi connectivity index (χ3v) is 4.38. The molecule has 6 heteroatoms. The summed E-state index contributed by atoms with van der Waals surface area (Å²) in [6.07, 6.45) is -5.06. The highest BCUT2D eigenvalue weighted by molar-refractivity contribution is 5.14. The Kier molecular flexibility index (Phi) is 6.73. The van der Waals surface area contributed by atoms with Gasteiger partial charge in [-0.2, -0.15) is 0 Å². The van der Waals surface area contributed by atoms with Crippen LogP contribution in [0.4, 0.5) is 0 Å². The fraction of sp³-hybridized carbons (Fsp3) is 0.400. The van der Waals surface area contributed by atoms with E-state index in [2.05, 4.69) is 0 Å². The fourth-order valence-electron chi connectivity index (χ4n) is 2.98. The summed E-state index contributed by atoms with van der Waals surface area (Å²) in [6, 6.07) is 19.1. The summed E-state index contributed by atoms with van der Waals surface area (Å²) in [4.78, 5) is 0. The molecule has 1 fully saturated rings. The average molecular weight is 360 g/mol. The second-order valence-electron chi connectivity index (χ2n) is 6.26. The summed E-state index contributed by atoms with van der Waals surface area (Å²) in [7, 11) is 0. The van der Waals surface area contributed by atoms with E-state index < -0.39 is 30.7 Å². The zero-order chi connectivity index (χ0) is 18.4. The molecule has 0 radical (unpaired) electrons. The van der Waals surface area contributed by atoms with Gasteiger partial charge in [-0.25, -0.2) is 0 Å². The Morgan fingerprint density at radius 1 is 0.769 bits per heavy atom. The van der Waals surface area contributed by atoms with Gasteiger partial charge in [-0.3, -0.25) is 0 Å². The van der Waals surface area contributed by atoms with Crippen LogP contribution in [0.15, 0.2) is 60.7 Å². The van der Waals surface area contributed by atoms with Crippen LogP contribution in [0.3, 0.4) is 0 Å². The lowest BCUT2D eigenvalue weighted by Crippen LogP contribution is -2.60. The SMILES string of the molecule is OCC1O[C@H](O)C(O)C(OCc2ccccc2)[C@@H]1OCc1ccccc1. The molecule has 2 aromatic rings. The maximum absolute atomic E-state index is 10.3. The maximum atomic E-state index is 10.3. The van der Waals surface area contributed by atoms with Crippen molar-refractivity contribution in [1.82, 2.24) is 0 Å². The van der Waals surface area contributed by atoms with E-state index >= 15 is 0 Å². The van der Waals surface area contributed by atoms with E-state index in [4.69, 9.17) is 14.2 Å². The number of hydrogen-bond acceptors (Lipinski definition) is 6. The predicted molar refractivity (Wildman–Crippen MR) is 94.0 cm³/mol. The Balaban J connectivity index is 1.71. The molecule has 0 saturated carbocycles. The highest BCUT2D eigenvalue weighted by atomic mass is 16.7. The van der Waals surface area contributed by atoms with Crippen LogP contribution >= 0.6 is 0 Å². The summed E-state index contributed by atoms with van der Waals surface area (Å²) < 4.78 is 17.1. The first-order valence-corrected chi connectivity index (χ1v) is 8.62. The Morgan fingerprint density at radius 2 is 1.27 bits per heavy atom. The smallest absolute Gasteiger partial charge is 0.184 e. The summed E-state index contributed by atoms with van der Waals surface area (Å²) >= 11 is 0. The average Bonchev–Trinajstić information content (AvgIpc) is 2.69. The molecule has 140 valence electrons. The molecule has 6 nitrogen and oxygen atoms in total. The molecule has 1 saturated heterocycles. The first kappa shape index (κ1) is 19.0. The third-order valence-electron chi connectivity index (χ3n) is 4.38. The summed E-state index contributed by atoms with van der Waals surface area (Å²) in [5.41, 5.74) is 1.88. The molecule has 0 amide bonds. The van der Waals surface area contributed by atoms with Gasteiger partial charge in [0.2, 0.25) is 0 Å². The van der Waals surface area contributed by atoms with Gasteiger partial charge in [0.1, 0.15) is 24.4 Å². The van der Waals surface area contributed by atoms with Gasteiger partial charge in [-0.15, -0.1) is 0 Å². The quantitative estimate of drug-likeness (QED) is 0.688. The van der Waals surface area contributed by atoms with Crippen LogP contribution in [0.1, 0.15) is 11.1 Å². The monoisotopic (exact) mass is 360 g/mol. The minimum absolute atomic E-state index is 0.249. The van der Waals surface area contributed by atoms with Gasteiger partial charge in [-0.1, -0.05) is 60.7 Å². The van der Waals surface area contributed by atoms with Crippen molar-refractivity contribution < 1.29 is 29.5 Å². The molecule has 1 aliphatic rings. The van der Waals surface area contributed by atoms with Crippen LogP contribution < -0.4 is 0 Å². The molecule has 1 aliphatic heterocycles. The van der Waals surface area contributed by atoms with E-state index in [0.717, 1.165) is 11.1 Å². The van der Waals surface area contributed by atoms with Crippen LogP contribution in [-0.2, 0) is 27.4 Å².